The van der Waals surface area contributed by atoms with Crippen molar-refractivity contribution in [3.05, 3.63) is 59.4 Å². The first-order valence-corrected chi connectivity index (χ1v) is 6.88. The molecule has 108 valence electrons. The highest BCUT2D eigenvalue weighted by atomic mass is 16.5. The van der Waals surface area contributed by atoms with Crippen molar-refractivity contribution in [3.63, 3.8) is 0 Å². The van der Waals surface area contributed by atoms with Crippen LogP contribution in [0.5, 0.6) is 5.75 Å². The van der Waals surface area contributed by atoms with Crippen molar-refractivity contribution < 1.29 is 4.74 Å². The Kier molecular flexibility index (Phi) is 5.30. The third-order valence-corrected chi connectivity index (χ3v) is 3.31. The zero-order valence-corrected chi connectivity index (χ0v) is 12.4. The Morgan fingerprint density at radius 1 is 1.29 bits per heavy atom. The van der Waals surface area contributed by atoms with Crippen LogP contribution in [0, 0.1) is 11.3 Å². The standard InChI is InChI=1S/C17H19N3O/c1-20(10-8-16-5-3-4-9-19-16)13-14-6-7-17(21-2)15(11-14)12-18/h3-7,9,11H,8,10,13H2,1-2H3. The molecule has 1 aromatic carbocycles. The van der Waals surface area contributed by atoms with E-state index in [2.05, 4.69) is 23.0 Å². The summed E-state index contributed by atoms with van der Waals surface area (Å²) in [4.78, 5) is 6.54. The van der Waals surface area contributed by atoms with Crippen LogP contribution in [0.3, 0.4) is 0 Å². The average Bonchev–Trinajstić information content (AvgIpc) is 2.53. The zero-order chi connectivity index (χ0) is 15.1. The maximum atomic E-state index is 9.11. The number of nitriles is 1. The van der Waals surface area contributed by atoms with Crippen LogP contribution < -0.4 is 4.74 Å². The molecule has 0 N–H and O–H groups in total. The quantitative estimate of drug-likeness (QED) is 0.816. The molecule has 0 bridgehead atoms. The number of hydrogen-bond acceptors (Lipinski definition) is 4. The molecule has 0 saturated carbocycles. The normalized spacial score (nSPS) is 10.4. The molecular weight excluding hydrogens is 262 g/mol. The Morgan fingerprint density at radius 2 is 2.14 bits per heavy atom. The highest BCUT2D eigenvalue weighted by Gasteiger charge is 2.06. The van der Waals surface area contributed by atoms with Crippen molar-refractivity contribution in [3.8, 4) is 11.8 Å². The number of pyridine rings is 1. The van der Waals surface area contributed by atoms with Crippen molar-refractivity contribution >= 4 is 0 Å². The van der Waals surface area contributed by atoms with E-state index in [0.717, 1.165) is 30.8 Å². The minimum atomic E-state index is 0.577. The lowest BCUT2D eigenvalue weighted by atomic mass is 10.1. The van der Waals surface area contributed by atoms with E-state index in [1.807, 2.05) is 42.6 Å². The van der Waals surface area contributed by atoms with Crippen molar-refractivity contribution in [1.29, 1.82) is 5.26 Å². The van der Waals surface area contributed by atoms with E-state index in [-0.39, 0.29) is 0 Å². The highest BCUT2D eigenvalue weighted by molar-refractivity contribution is 5.45. The Hall–Kier alpha value is -2.38. The van der Waals surface area contributed by atoms with E-state index in [9.17, 15) is 0 Å². The molecule has 0 fully saturated rings. The molecule has 1 aromatic heterocycles. The van der Waals surface area contributed by atoms with Gasteiger partial charge in [-0.2, -0.15) is 5.26 Å². The first-order valence-electron chi connectivity index (χ1n) is 6.88. The molecule has 4 heteroatoms. The summed E-state index contributed by atoms with van der Waals surface area (Å²) in [5, 5.41) is 9.11. The summed E-state index contributed by atoms with van der Waals surface area (Å²) in [6, 6.07) is 13.9. The van der Waals surface area contributed by atoms with E-state index in [0.29, 0.717) is 11.3 Å². The Morgan fingerprint density at radius 3 is 2.81 bits per heavy atom. The number of benzene rings is 1. The number of likely N-dealkylation sites (N-methyl/N-ethyl adjacent to an activating group) is 1. The lowest BCUT2D eigenvalue weighted by Crippen LogP contribution is -2.21. The van der Waals surface area contributed by atoms with Gasteiger partial charge in [-0.1, -0.05) is 12.1 Å². The molecule has 0 aliphatic heterocycles. The molecule has 0 aliphatic carbocycles. The lowest BCUT2D eigenvalue weighted by Gasteiger charge is -2.17. The van der Waals surface area contributed by atoms with Gasteiger partial charge in [-0.25, -0.2) is 0 Å². The van der Waals surface area contributed by atoms with Gasteiger partial charge in [-0.3, -0.25) is 4.98 Å². The minimum Gasteiger partial charge on any atom is -0.495 e. The van der Waals surface area contributed by atoms with E-state index >= 15 is 0 Å². The summed E-state index contributed by atoms with van der Waals surface area (Å²) in [6.45, 7) is 1.72. The zero-order valence-electron chi connectivity index (χ0n) is 12.4. The summed E-state index contributed by atoms with van der Waals surface area (Å²) >= 11 is 0. The predicted octanol–water partition coefficient (Wildman–Crippen LogP) is 2.64. The highest BCUT2D eigenvalue weighted by Crippen LogP contribution is 2.19. The van der Waals surface area contributed by atoms with E-state index in [1.165, 1.54) is 0 Å². The smallest absolute Gasteiger partial charge is 0.136 e. The molecule has 0 radical (unpaired) electrons. The van der Waals surface area contributed by atoms with Gasteiger partial charge in [0.1, 0.15) is 11.8 Å². The summed E-state index contributed by atoms with van der Waals surface area (Å²) < 4.78 is 5.16. The summed E-state index contributed by atoms with van der Waals surface area (Å²) in [5.41, 5.74) is 2.78. The fraction of sp³-hybridized carbons (Fsp3) is 0.294. The van der Waals surface area contributed by atoms with Crippen molar-refractivity contribution in [2.75, 3.05) is 20.7 Å². The van der Waals surface area contributed by atoms with Crippen LogP contribution in [-0.4, -0.2) is 30.6 Å². The van der Waals surface area contributed by atoms with Crippen LogP contribution in [0.1, 0.15) is 16.8 Å². The molecule has 0 saturated heterocycles. The third-order valence-electron chi connectivity index (χ3n) is 3.31. The van der Waals surface area contributed by atoms with Gasteiger partial charge in [0.2, 0.25) is 0 Å². The summed E-state index contributed by atoms with van der Waals surface area (Å²) in [7, 11) is 3.65. The van der Waals surface area contributed by atoms with Gasteiger partial charge in [-0.15, -0.1) is 0 Å². The number of nitrogens with zero attached hydrogens (tertiary/aromatic N) is 3. The first kappa shape index (κ1) is 15.0. The van der Waals surface area contributed by atoms with Crippen LogP contribution in [-0.2, 0) is 13.0 Å². The second-order valence-electron chi connectivity index (χ2n) is 4.96. The van der Waals surface area contributed by atoms with Gasteiger partial charge in [0, 0.05) is 31.4 Å². The molecule has 0 amide bonds. The number of aromatic nitrogens is 1. The van der Waals surface area contributed by atoms with Gasteiger partial charge in [0.05, 0.1) is 12.7 Å². The number of hydrogen-bond donors (Lipinski definition) is 0. The summed E-state index contributed by atoms with van der Waals surface area (Å²) in [5.74, 6) is 0.623. The van der Waals surface area contributed by atoms with Crippen molar-refractivity contribution in [1.82, 2.24) is 9.88 Å². The van der Waals surface area contributed by atoms with E-state index in [1.54, 1.807) is 7.11 Å². The molecule has 0 unspecified atom stereocenters. The molecule has 4 nitrogen and oxygen atoms in total. The van der Waals surface area contributed by atoms with Gasteiger partial charge >= 0.3 is 0 Å². The monoisotopic (exact) mass is 281 g/mol. The van der Waals surface area contributed by atoms with Gasteiger partial charge < -0.3 is 9.64 Å². The number of methoxy groups -OCH3 is 1. The predicted molar refractivity (Wildman–Crippen MR) is 82.0 cm³/mol. The molecule has 0 atom stereocenters. The Balaban J connectivity index is 1.93. The SMILES string of the molecule is COc1ccc(CN(C)CCc2ccccn2)cc1C#N. The molecule has 0 aliphatic rings. The topological polar surface area (TPSA) is 49.1 Å². The average molecular weight is 281 g/mol. The lowest BCUT2D eigenvalue weighted by molar-refractivity contribution is 0.329. The van der Waals surface area contributed by atoms with Crippen molar-refractivity contribution in [2.45, 2.75) is 13.0 Å². The van der Waals surface area contributed by atoms with Crippen molar-refractivity contribution in [2.24, 2.45) is 0 Å². The maximum Gasteiger partial charge on any atom is 0.136 e. The fourth-order valence-corrected chi connectivity index (χ4v) is 2.18. The van der Waals surface area contributed by atoms with Gasteiger partial charge in [0.25, 0.3) is 0 Å². The van der Waals surface area contributed by atoms with E-state index < -0.39 is 0 Å². The molecule has 21 heavy (non-hydrogen) atoms. The number of ether oxygens (including phenoxy) is 1. The van der Waals surface area contributed by atoms with E-state index in [4.69, 9.17) is 10.00 Å². The Labute approximate surface area is 125 Å². The molecule has 1 heterocycles. The first-order chi connectivity index (χ1) is 10.2. The number of rotatable bonds is 6. The Bertz CT molecular complexity index is 620. The summed E-state index contributed by atoms with van der Waals surface area (Å²) in [6.07, 6.45) is 2.73. The van der Waals surface area contributed by atoms with Gasteiger partial charge in [-0.05, 0) is 36.9 Å². The second kappa shape index (κ2) is 7.41. The fourth-order valence-electron chi connectivity index (χ4n) is 2.18. The van der Waals surface area contributed by atoms with Crippen LogP contribution in [0.4, 0.5) is 0 Å². The second-order valence-corrected chi connectivity index (χ2v) is 4.96. The van der Waals surface area contributed by atoms with Crippen LogP contribution in [0.25, 0.3) is 0 Å². The van der Waals surface area contributed by atoms with Crippen LogP contribution >= 0.6 is 0 Å². The minimum absolute atomic E-state index is 0.577. The van der Waals surface area contributed by atoms with Crippen LogP contribution in [0.15, 0.2) is 42.6 Å². The third kappa shape index (κ3) is 4.30. The van der Waals surface area contributed by atoms with Crippen LogP contribution in [0.2, 0.25) is 0 Å². The molecular formula is C17H19N3O. The molecule has 2 aromatic rings. The molecule has 0 spiro atoms. The maximum absolute atomic E-state index is 9.11. The largest absolute Gasteiger partial charge is 0.495 e. The molecule has 2 rings (SSSR count). The van der Waals surface area contributed by atoms with Gasteiger partial charge in [0.15, 0.2) is 0 Å².